The molecule has 1 aliphatic carbocycles. The number of methoxy groups -OCH3 is 1. The summed E-state index contributed by atoms with van der Waals surface area (Å²) in [4.78, 5) is 7.38. The zero-order chi connectivity index (χ0) is 16.0. The number of piperidine rings is 1. The van der Waals surface area contributed by atoms with Crippen LogP contribution in [-0.2, 0) is 11.2 Å². The van der Waals surface area contributed by atoms with Crippen LogP contribution < -0.4 is 5.32 Å². The zero-order valence-corrected chi connectivity index (χ0v) is 15.2. The van der Waals surface area contributed by atoms with E-state index in [0.717, 1.165) is 23.9 Å². The molecule has 1 aliphatic heterocycles. The summed E-state index contributed by atoms with van der Waals surface area (Å²) in [6, 6.07) is 0. The smallest absolute Gasteiger partial charge is 0.202 e. The normalized spacial score (nSPS) is 22.1. The van der Waals surface area contributed by atoms with E-state index in [4.69, 9.17) is 4.74 Å². The Labute approximate surface area is 144 Å². The van der Waals surface area contributed by atoms with Crippen molar-refractivity contribution in [2.75, 3.05) is 38.7 Å². The molecule has 0 unspecified atom stereocenters. The molecule has 0 radical (unpaired) electrons. The molecule has 6 heteroatoms. The van der Waals surface area contributed by atoms with E-state index in [1.54, 1.807) is 7.11 Å². The summed E-state index contributed by atoms with van der Waals surface area (Å²) in [5.41, 5.74) is 0.344. The van der Waals surface area contributed by atoms with Gasteiger partial charge in [-0.05, 0) is 38.8 Å². The van der Waals surface area contributed by atoms with E-state index in [0.29, 0.717) is 12.1 Å². The quantitative estimate of drug-likeness (QED) is 0.826. The van der Waals surface area contributed by atoms with Crippen molar-refractivity contribution in [3.63, 3.8) is 0 Å². The van der Waals surface area contributed by atoms with Crippen LogP contribution >= 0.6 is 11.5 Å². The average molecular weight is 339 g/mol. The Balaban J connectivity index is 1.60. The monoisotopic (exact) mass is 338 g/mol. The highest BCUT2D eigenvalue weighted by Gasteiger charge is 2.38. The number of aromatic nitrogens is 2. The summed E-state index contributed by atoms with van der Waals surface area (Å²) in [7, 11) is 1.72. The SMILES string of the molecule is COCCc1nsc(NCC2(N3CCCCC3)CCCCC2)n1. The van der Waals surface area contributed by atoms with Gasteiger partial charge in [0.05, 0.1) is 6.61 Å². The highest BCUT2D eigenvalue weighted by atomic mass is 32.1. The molecule has 2 fully saturated rings. The third-order valence-corrected chi connectivity index (χ3v) is 6.09. The van der Waals surface area contributed by atoms with Gasteiger partial charge in [-0.25, -0.2) is 4.98 Å². The Morgan fingerprint density at radius 3 is 2.61 bits per heavy atom. The van der Waals surface area contributed by atoms with Crippen molar-refractivity contribution in [1.82, 2.24) is 14.3 Å². The van der Waals surface area contributed by atoms with Crippen molar-refractivity contribution in [2.24, 2.45) is 0 Å². The van der Waals surface area contributed by atoms with Crippen molar-refractivity contribution in [2.45, 2.75) is 63.3 Å². The Morgan fingerprint density at radius 1 is 1.13 bits per heavy atom. The first-order chi connectivity index (χ1) is 11.3. The second kappa shape index (κ2) is 8.40. The summed E-state index contributed by atoms with van der Waals surface area (Å²) in [6.07, 6.45) is 11.7. The van der Waals surface area contributed by atoms with E-state index < -0.39 is 0 Å². The molecule has 0 atom stereocenters. The molecule has 0 amide bonds. The summed E-state index contributed by atoms with van der Waals surface area (Å²) in [6.45, 7) is 4.26. The number of nitrogens with one attached hydrogen (secondary N) is 1. The van der Waals surface area contributed by atoms with Gasteiger partial charge in [0.2, 0.25) is 5.13 Å². The van der Waals surface area contributed by atoms with Gasteiger partial charge in [-0.2, -0.15) is 4.37 Å². The van der Waals surface area contributed by atoms with E-state index in [-0.39, 0.29) is 0 Å². The Morgan fingerprint density at radius 2 is 1.87 bits per heavy atom. The lowest BCUT2D eigenvalue weighted by Crippen LogP contribution is -2.56. The molecule has 5 nitrogen and oxygen atoms in total. The van der Waals surface area contributed by atoms with E-state index >= 15 is 0 Å². The zero-order valence-electron chi connectivity index (χ0n) is 14.4. The largest absolute Gasteiger partial charge is 0.384 e. The van der Waals surface area contributed by atoms with Crippen LogP contribution in [-0.4, -0.2) is 53.1 Å². The Bertz CT molecular complexity index is 467. The highest BCUT2D eigenvalue weighted by molar-refractivity contribution is 7.09. The number of likely N-dealkylation sites (tertiary alicyclic amines) is 1. The van der Waals surface area contributed by atoms with Gasteiger partial charge in [-0.1, -0.05) is 25.7 Å². The first-order valence-corrected chi connectivity index (χ1v) is 9.90. The molecule has 0 bridgehead atoms. The molecule has 2 aliphatic rings. The molecule has 130 valence electrons. The van der Waals surface area contributed by atoms with Crippen molar-refractivity contribution in [3.8, 4) is 0 Å². The number of ether oxygens (including phenoxy) is 1. The van der Waals surface area contributed by atoms with E-state index in [2.05, 4.69) is 19.6 Å². The van der Waals surface area contributed by atoms with Gasteiger partial charge in [0.15, 0.2) is 0 Å². The highest BCUT2D eigenvalue weighted by Crippen LogP contribution is 2.36. The number of hydrogen-bond acceptors (Lipinski definition) is 6. The van der Waals surface area contributed by atoms with Gasteiger partial charge in [-0.3, -0.25) is 4.90 Å². The van der Waals surface area contributed by atoms with E-state index in [1.807, 2.05) is 0 Å². The predicted octanol–water partition coefficient (Wildman–Crippen LogP) is 3.33. The van der Waals surface area contributed by atoms with Crippen LogP contribution in [0, 0.1) is 0 Å². The Hall–Kier alpha value is -0.720. The van der Waals surface area contributed by atoms with Crippen molar-refractivity contribution >= 4 is 16.7 Å². The molecule has 1 N–H and O–H groups in total. The summed E-state index contributed by atoms with van der Waals surface area (Å²) < 4.78 is 9.53. The first kappa shape index (κ1) is 17.1. The molecule has 3 rings (SSSR count). The lowest BCUT2D eigenvalue weighted by molar-refractivity contribution is 0.0437. The van der Waals surface area contributed by atoms with Crippen LogP contribution in [0.5, 0.6) is 0 Å². The predicted molar refractivity (Wildman–Crippen MR) is 95.2 cm³/mol. The van der Waals surface area contributed by atoms with E-state index in [1.165, 1.54) is 76.0 Å². The fraction of sp³-hybridized carbons (Fsp3) is 0.882. The number of rotatable bonds is 7. The molecule has 23 heavy (non-hydrogen) atoms. The van der Waals surface area contributed by atoms with Crippen LogP contribution in [0.1, 0.15) is 57.2 Å². The van der Waals surface area contributed by atoms with Gasteiger partial charge < -0.3 is 10.1 Å². The second-order valence-corrected chi connectivity index (χ2v) is 7.70. The third-order valence-electron chi connectivity index (χ3n) is 5.38. The average Bonchev–Trinajstić information content (AvgIpc) is 3.08. The summed E-state index contributed by atoms with van der Waals surface area (Å²) >= 11 is 1.49. The number of anilines is 1. The minimum atomic E-state index is 0.344. The number of hydrogen-bond donors (Lipinski definition) is 1. The van der Waals surface area contributed by atoms with Gasteiger partial charge in [0.25, 0.3) is 0 Å². The van der Waals surface area contributed by atoms with Crippen LogP contribution in [0.15, 0.2) is 0 Å². The molecule has 2 heterocycles. The molecular weight excluding hydrogens is 308 g/mol. The fourth-order valence-corrected chi connectivity index (χ4v) is 4.65. The van der Waals surface area contributed by atoms with Gasteiger partial charge >= 0.3 is 0 Å². The number of nitrogens with zero attached hydrogens (tertiary/aromatic N) is 3. The molecule has 1 aromatic rings. The third kappa shape index (κ3) is 4.43. The van der Waals surface area contributed by atoms with Gasteiger partial charge in [-0.15, -0.1) is 0 Å². The Kier molecular flexibility index (Phi) is 6.25. The standard InChI is InChI=1S/C17H30N4OS/c1-22-13-8-15-19-16(23-20-15)18-14-17(9-4-2-5-10-17)21-11-6-3-7-12-21/h2-14H2,1H3,(H,18,19,20). The van der Waals surface area contributed by atoms with Crippen LogP contribution in [0.25, 0.3) is 0 Å². The lowest BCUT2D eigenvalue weighted by Gasteiger charge is -2.48. The molecule has 0 aromatic carbocycles. The molecule has 1 saturated carbocycles. The van der Waals surface area contributed by atoms with Gasteiger partial charge in [0.1, 0.15) is 5.82 Å². The minimum absolute atomic E-state index is 0.344. The van der Waals surface area contributed by atoms with Crippen LogP contribution in [0.3, 0.4) is 0 Å². The molecule has 0 spiro atoms. The van der Waals surface area contributed by atoms with Crippen molar-refractivity contribution in [1.29, 1.82) is 0 Å². The molecule has 1 aromatic heterocycles. The molecule has 1 saturated heterocycles. The second-order valence-electron chi connectivity index (χ2n) is 6.94. The maximum absolute atomic E-state index is 5.10. The van der Waals surface area contributed by atoms with E-state index in [9.17, 15) is 0 Å². The van der Waals surface area contributed by atoms with Crippen molar-refractivity contribution in [3.05, 3.63) is 5.82 Å². The topological polar surface area (TPSA) is 50.3 Å². The maximum atomic E-state index is 5.10. The van der Waals surface area contributed by atoms with Crippen LogP contribution in [0.2, 0.25) is 0 Å². The summed E-state index contributed by atoms with van der Waals surface area (Å²) in [5.74, 6) is 0.898. The van der Waals surface area contributed by atoms with Gasteiger partial charge in [0, 0.05) is 37.1 Å². The van der Waals surface area contributed by atoms with Crippen molar-refractivity contribution < 1.29 is 4.74 Å². The fourth-order valence-electron chi connectivity index (χ4n) is 4.04. The summed E-state index contributed by atoms with van der Waals surface area (Å²) in [5, 5.41) is 4.58. The minimum Gasteiger partial charge on any atom is -0.384 e. The lowest BCUT2D eigenvalue weighted by atomic mass is 9.79. The first-order valence-electron chi connectivity index (χ1n) is 9.13. The van der Waals surface area contributed by atoms with Crippen LogP contribution in [0.4, 0.5) is 5.13 Å². The molecular formula is C17H30N4OS. The maximum Gasteiger partial charge on any atom is 0.202 e.